The fraction of sp³-hybridized carbons (Fsp3) is 0.417. The largest absolute Gasteiger partial charge is 0.379 e. The van der Waals surface area contributed by atoms with Gasteiger partial charge in [0.05, 0.1) is 58.6 Å². The number of ether oxygens (including phenoxy) is 2. The second-order valence-electron chi connectivity index (χ2n) is 8.80. The quantitative estimate of drug-likeness (QED) is 0.378. The summed E-state index contributed by atoms with van der Waals surface area (Å²) in [6, 6.07) is 13.2. The van der Waals surface area contributed by atoms with Crippen LogP contribution in [0.2, 0.25) is 0 Å². The van der Waals surface area contributed by atoms with Gasteiger partial charge in [-0.2, -0.15) is 4.31 Å². The van der Waals surface area contributed by atoms with Crippen molar-refractivity contribution in [1.29, 1.82) is 0 Å². The van der Waals surface area contributed by atoms with Crippen LogP contribution in [0.1, 0.15) is 18.7 Å². The molecular formula is C24H27N5O4S2. The first-order valence-electron chi connectivity index (χ1n) is 11.8. The molecule has 35 heavy (non-hydrogen) atoms. The Morgan fingerprint density at radius 2 is 1.91 bits per heavy atom. The highest BCUT2D eigenvalue weighted by Crippen LogP contribution is 2.30. The maximum atomic E-state index is 13.2. The average Bonchev–Trinajstić information content (AvgIpc) is 3.62. The van der Waals surface area contributed by atoms with Gasteiger partial charge in [0, 0.05) is 19.7 Å². The SMILES string of the molecule is O=S(=O)(c1ccc2c(c1)nc(SCc1nc3ccccc3[nH]1)n2CC1CCCO1)N1CCOCC1. The number of imidazole rings is 2. The third kappa shape index (κ3) is 4.58. The number of H-pyrrole nitrogens is 1. The zero-order valence-corrected chi connectivity index (χ0v) is 20.9. The molecule has 9 nitrogen and oxygen atoms in total. The third-order valence-corrected chi connectivity index (χ3v) is 9.36. The van der Waals surface area contributed by atoms with Crippen LogP contribution in [-0.2, 0) is 31.8 Å². The molecule has 2 fully saturated rings. The van der Waals surface area contributed by atoms with E-state index < -0.39 is 10.0 Å². The number of nitrogens with one attached hydrogen (secondary N) is 1. The molecule has 2 aliphatic rings. The molecule has 11 heteroatoms. The van der Waals surface area contributed by atoms with Crippen molar-refractivity contribution in [2.75, 3.05) is 32.9 Å². The maximum Gasteiger partial charge on any atom is 0.243 e. The topological polar surface area (TPSA) is 102 Å². The van der Waals surface area contributed by atoms with Crippen molar-refractivity contribution in [2.24, 2.45) is 0 Å². The molecule has 2 aliphatic heterocycles. The van der Waals surface area contributed by atoms with Crippen molar-refractivity contribution >= 4 is 43.9 Å². The van der Waals surface area contributed by atoms with Crippen LogP contribution in [0.4, 0.5) is 0 Å². The summed E-state index contributed by atoms with van der Waals surface area (Å²) in [6.07, 6.45) is 2.20. The Morgan fingerprint density at radius 1 is 1.06 bits per heavy atom. The number of nitrogens with zero attached hydrogens (tertiary/aromatic N) is 4. The summed E-state index contributed by atoms with van der Waals surface area (Å²) in [5, 5.41) is 0.830. The number of hydrogen-bond acceptors (Lipinski definition) is 7. The molecule has 6 rings (SSSR count). The molecule has 1 N–H and O–H groups in total. The lowest BCUT2D eigenvalue weighted by Gasteiger charge is -2.26. The highest BCUT2D eigenvalue weighted by Gasteiger charge is 2.28. The van der Waals surface area contributed by atoms with E-state index in [9.17, 15) is 8.42 Å². The van der Waals surface area contributed by atoms with Crippen LogP contribution in [0, 0.1) is 0 Å². The van der Waals surface area contributed by atoms with Gasteiger partial charge in [-0.05, 0) is 43.2 Å². The number of benzene rings is 2. The zero-order chi connectivity index (χ0) is 23.8. The Morgan fingerprint density at radius 3 is 2.71 bits per heavy atom. The van der Waals surface area contributed by atoms with Crippen molar-refractivity contribution in [3.05, 3.63) is 48.3 Å². The van der Waals surface area contributed by atoms with Gasteiger partial charge in [0.15, 0.2) is 5.16 Å². The Balaban J connectivity index is 1.32. The Kier molecular flexibility index (Phi) is 6.27. The van der Waals surface area contributed by atoms with Crippen LogP contribution in [-0.4, -0.2) is 71.3 Å². The van der Waals surface area contributed by atoms with E-state index in [-0.39, 0.29) is 11.0 Å². The van der Waals surface area contributed by atoms with Crippen LogP contribution in [0.15, 0.2) is 52.5 Å². The number of para-hydroxylation sites is 2. The second kappa shape index (κ2) is 9.55. The van der Waals surface area contributed by atoms with Crippen molar-refractivity contribution < 1.29 is 17.9 Å². The van der Waals surface area contributed by atoms with Crippen molar-refractivity contribution in [1.82, 2.24) is 23.8 Å². The first-order chi connectivity index (χ1) is 17.1. The van der Waals surface area contributed by atoms with Gasteiger partial charge in [0.1, 0.15) is 5.82 Å². The molecule has 0 saturated carbocycles. The molecule has 0 aliphatic carbocycles. The normalized spacial score (nSPS) is 19.7. The van der Waals surface area contributed by atoms with E-state index in [0.29, 0.717) is 44.1 Å². The monoisotopic (exact) mass is 513 g/mol. The van der Waals surface area contributed by atoms with Gasteiger partial charge in [-0.25, -0.2) is 18.4 Å². The van der Waals surface area contributed by atoms with Crippen LogP contribution in [0.3, 0.4) is 0 Å². The zero-order valence-electron chi connectivity index (χ0n) is 19.2. The minimum atomic E-state index is -3.59. The third-order valence-electron chi connectivity index (χ3n) is 6.48. The fourth-order valence-corrected chi connectivity index (χ4v) is 6.99. The molecule has 4 aromatic rings. The first-order valence-corrected chi connectivity index (χ1v) is 14.3. The summed E-state index contributed by atoms with van der Waals surface area (Å²) in [6.45, 7) is 3.04. The van der Waals surface area contributed by atoms with Gasteiger partial charge in [0.25, 0.3) is 0 Å². The lowest BCUT2D eigenvalue weighted by molar-refractivity contribution is 0.0730. The van der Waals surface area contributed by atoms with Crippen LogP contribution in [0.25, 0.3) is 22.1 Å². The maximum absolute atomic E-state index is 13.2. The number of aromatic nitrogens is 4. The molecule has 0 radical (unpaired) electrons. The fourth-order valence-electron chi connectivity index (χ4n) is 4.67. The number of hydrogen-bond donors (Lipinski definition) is 1. The number of morpholine rings is 1. The second-order valence-corrected chi connectivity index (χ2v) is 11.7. The molecule has 4 heterocycles. The highest BCUT2D eigenvalue weighted by atomic mass is 32.2. The van der Waals surface area contributed by atoms with Gasteiger partial charge >= 0.3 is 0 Å². The van der Waals surface area contributed by atoms with Crippen LogP contribution >= 0.6 is 11.8 Å². The number of aromatic amines is 1. The van der Waals surface area contributed by atoms with Gasteiger partial charge in [-0.1, -0.05) is 23.9 Å². The van der Waals surface area contributed by atoms with Crippen LogP contribution < -0.4 is 0 Å². The molecule has 2 aromatic heterocycles. The summed E-state index contributed by atoms with van der Waals surface area (Å²) in [4.78, 5) is 13.2. The lowest BCUT2D eigenvalue weighted by atomic mass is 10.2. The van der Waals surface area contributed by atoms with E-state index in [1.807, 2.05) is 30.3 Å². The predicted octanol–water partition coefficient (Wildman–Crippen LogP) is 3.40. The molecule has 2 saturated heterocycles. The Hall–Kier alpha value is -2.44. The molecule has 184 valence electrons. The minimum absolute atomic E-state index is 0.134. The Bertz CT molecular complexity index is 1420. The van der Waals surface area contributed by atoms with E-state index >= 15 is 0 Å². The van der Waals surface area contributed by atoms with Gasteiger partial charge in [0.2, 0.25) is 10.0 Å². The summed E-state index contributed by atoms with van der Waals surface area (Å²) >= 11 is 1.59. The average molecular weight is 514 g/mol. The predicted molar refractivity (Wildman–Crippen MR) is 134 cm³/mol. The van der Waals surface area contributed by atoms with Crippen LogP contribution in [0.5, 0.6) is 0 Å². The van der Waals surface area contributed by atoms with Crippen molar-refractivity contribution in [3.8, 4) is 0 Å². The number of sulfonamides is 1. The summed E-state index contributed by atoms with van der Waals surface area (Å²) < 4.78 is 41.3. The van der Waals surface area contributed by atoms with Gasteiger partial charge in [-0.3, -0.25) is 0 Å². The molecular weight excluding hydrogens is 486 g/mol. The molecule has 2 aromatic carbocycles. The summed E-state index contributed by atoms with van der Waals surface area (Å²) in [5.41, 5.74) is 3.53. The highest BCUT2D eigenvalue weighted by molar-refractivity contribution is 7.98. The number of thioether (sulfide) groups is 1. The molecule has 0 spiro atoms. The van der Waals surface area contributed by atoms with E-state index in [0.717, 1.165) is 47.0 Å². The molecule has 0 amide bonds. The van der Waals surface area contributed by atoms with E-state index in [2.05, 4.69) is 14.5 Å². The molecule has 1 atom stereocenters. The van der Waals surface area contributed by atoms with Crippen molar-refractivity contribution in [3.63, 3.8) is 0 Å². The molecule has 1 unspecified atom stereocenters. The first kappa shape index (κ1) is 23.0. The van der Waals surface area contributed by atoms with Crippen molar-refractivity contribution in [2.45, 2.75) is 41.3 Å². The van der Waals surface area contributed by atoms with E-state index in [1.54, 1.807) is 23.9 Å². The van der Waals surface area contributed by atoms with Gasteiger partial charge < -0.3 is 19.0 Å². The summed E-state index contributed by atoms with van der Waals surface area (Å²) in [5.74, 6) is 1.50. The minimum Gasteiger partial charge on any atom is -0.379 e. The van der Waals surface area contributed by atoms with E-state index in [1.165, 1.54) is 4.31 Å². The number of rotatable bonds is 7. The number of fused-ring (bicyclic) bond motifs is 2. The summed E-state index contributed by atoms with van der Waals surface area (Å²) in [7, 11) is -3.59. The van der Waals surface area contributed by atoms with Gasteiger partial charge in [-0.15, -0.1) is 0 Å². The molecule has 0 bridgehead atoms. The van der Waals surface area contributed by atoms with E-state index in [4.69, 9.17) is 14.5 Å². The smallest absolute Gasteiger partial charge is 0.243 e. The standard InChI is InChI=1S/C24H27N5O4S2/c30-35(31,28-9-12-32-13-10-28)18-7-8-22-21(14-18)27-24(29(22)15-17-4-3-11-33-17)34-16-23-25-19-5-1-2-6-20(19)26-23/h1-2,5-8,14,17H,3-4,9-13,15-16H2,(H,25,26). The lowest BCUT2D eigenvalue weighted by Crippen LogP contribution is -2.40. The Labute approximate surface area is 207 Å².